The second-order valence-electron chi connectivity index (χ2n) is 9.31. The molecule has 0 aromatic heterocycles. The van der Waals surface area contributed by atoms with Gasteiger partial charge in [-0.2, -0.15) is 0 Å². The molecule has 1 saturated carbocycles. The second-order valence-corrected chi connectivity index (χ2v) is 9.31. The lowest BCUT2D eigenvalue weighted by Gasteiger charge is -2.41. The van der Waals surface area contributed by atoms with Crippen LogP contribution in [0.1, 0.15) is 63.7 Å². The highest BCUT2D eigenvalue weighted by atomic mass is 19.1. The number of anilines is 1. The molecular weight excluding hydrogens is 361 g/mol. The molecule has 0 saturated heterocycles. The molecule has 0 bridgehead atoms. The topological polar surface area (TPSA) is 21.3 Å². The van der Waals surface area contributed by atoms with Crippen LogP contribution in [0.3, 0.4) is 0 Å². The third-order valence-corrected chi connectivity index (χ3v) is 6.60. The fraction of sp³-hybridized carbons (Fsp3) is 0.385. The first-order valence-electron chi connectivity index (χ1n) is 10.6. The summed E-state index contributed by atoms with van der Waals surface area (Å²) in [5.41, 5.74) is 7.88. The minimum Gasteiger partial charge on any atom is -0.484 e. The van der Waals surface area contributed by atoms with Crippen molar-refractivity contribution in [3.63, 3.8) is 0 Å². The third kappa shape index (κ3) is 2.99. The van der Waals surface area contributed by atoms with Crippen molar-refractivity contribution in [2.75, 3.05) is 5.32 Å². The lowest BCUT2D eigenvalue weighted by molar-refractivity contribution is 0.134. The maximum Gasteiger partial charge on any atom is 0.131 e. The van der Waals surface area contributed by atoms with Crippen molar-refractivity contribution in [1.29, 1.82) is 0 Å². The van der Waals surface area contributed by atoms with E-state index in [1.54, 1.807) is 12.1 Å². The van der Waals surface area contributed by atoms with Crippen LogP contribution in [0.15, 0.2) is 48.6 Å². The van der Waals surface area contributed by atoms with Crippen LogP contribution in [0.4, 0.5) is 10.1 Å². The lowest BCUT2D eigenvalue weighted by atomic mass is 9.74. The molecule has 0 amide bonds. The molecule has 0 spiro atoms. The lowest BCUT2D eigenvalue weighted by Crippen LogP contribution is -2.33. The molecule has 1 fully saturated rings. The highest BCUT2D eigenvalue weighted by Gasteiger charge is 2.39. The average molecular weight is 390 g/mol. The van der Waals surface area contributed by atoms with Gasteiger partial charge in [0.1, 0.15) is 17.7 Å². The van der Waals surface area contributed by atoms with Crippen LogP contribution in [0, 0.1) is 11.7 Å². The molecule has 2 heterocycles. The van der Waals surface area contributed by atoms with E-state index in [0.717, 1.165) is 35.4 Å². The number of benzene rings is 2. The van der Waals surface area contributed by atoms with Crippen molar-refractivity contribution in [2.45, 2.75) is 58.1 Å². The van der Waals surface area contributed by atoms with Crippen LogP contribution < -0.4 is 10.1 Å². The number of hydrogen-bond acceptors (Lipinski definition) is 2. The molecule has 29 heavy (non-hydrogen) atoms. The molecule has 1 N–H and O–H groups in total. The second kappa shape index (κ2) is 6.48. The van der Waals surface area contributed by atoms with Crippen LogP contribution in [0.5, 0.6) is 5.75 Å². The minimum absolute atomic E-state index is 0.0860. The molecule has 1 aliphatic carbocycles. The predicted octanol–water partition coefficient (Wildman–Crippen LogP) is 7.28. The van der Waals surface area contributed by atoms with Crippen molar-refractivity contribution in [1.82, 2.24) is 0 Å². The summed E-state index contributed by atoms with van der Waals surface area (Å²) < 4.78 is 20.7. The van der Waals surface area contributed by atoms with Crippen LogP contribution in [-0.4, -0.2) is 5.54 Å². The summed E-state index contributed by atoms with van der Waals surface area (Å²) in [7, 11) is 0. The molecule has 2 aromatic rings. The Labute approximate surface area is 172 Å². The molecule has 2 nitrogen and oxygen atoms in total. The summed E-state index contributed by atoms with van der Waals surface area (Å²) in [5, 5.41) is 3.66. The highest BCUT2D eigenvalue weighted by molar-refractivity contribution is 5.89. The standard InChI is InChI=1S/C26H28FNO/c1-15-7-5-6-8-18(15)25-24-19(20-13-17(27)9-12-22(20)29-25)10-11-21-23(24)16(2)14-26(3,4)28-21/h9-14,18,25,28H,1,5-8H2,2-4H3. The van der Waals surface area contributed by atoms with Crippen molar-refractivity contribution in [3.8, 4) is 16.9 Å². The van der Waals surface area contributed by atoms with Crippen LogP contribution >= 0.6 is 0 Å². The largest absolute Gasteiger partial charge is 0.484 e. The molecule has 5 rings (SSSR count). The summed E-state index contributed by atoms with van der Waals surface area (Å²) in [4.78, 5) is 0. The summed E-state index contributed by atoms with van der Waals surface area (Å²) in [6.07, 6.45) is 6.75. The Morgan fingerprint density at radius 1 is 1.14 bits per heavy atom. The van der Waals surface area contributed by atoms with E-state index in [0.29, 0.717) is 0 Å². The Morgan fingerprint density at radius 3 is 2.76 bits per heavy atom. The Bertz CT molecular complexity index is 1050. The number of ether oxygens (including phenoxy) is 1. The Hall–Kier alpha value is -2.55. The number of halogens is 1. The van der Waals surface area contributed by atoms with Crippen molar-refractivity contribution in [2.24, 2.45) is 5.92 Å². The maximum absolute atomic E-state index is 14.1. The monoisotopic (exact) mass is 389 g/mol. The highest BCUT2D eigenvalue weighted by Crippen LogP contribution is 2.53. The van der Waals surface area contributed by atoms with Gasteiger partial charge in [0.2, 0.25) is 0 Å². The predicted molar refractivity (Wildman–Crippen MR) is 118 cm³/mol. The van der Waals surface area contributed by atoms with E-state index in [4.69, 9.17) is 4.74 Å². The van der Waals surface area contributed by atoms with Gasteiger partial charge in [-0.05, 0) is 75.4 Å². The van der Waals surface area contributed by atoms with Gasteiger partial charge in [-0.25, -0.2) is 4.39 Å². The Morgan fingerprint density at radius 2 is 1.97 bits per heavy atom. The zero-order valence-corrected chi connectivity index (χ0v) is 17.4. The zero-order chi connectivity index (χ0) is 20.3. The summed E-state index contributed by atoms with van der Waals surface area (Å²) in [6, 6.07) is 9.14. The smallest absolute Gasteiger partial charge is 0.131 e. The van der Waals surface area contributed by atoms with E-state index in [1.807, 2.05) is 0 Å². The van der Waals surface area contributed by atoms with Crippen LogP contribution in [-0.2, 0) is 0 Å². The van der Waals surface area contributed by atoms with Crippen LogP contribution in [0.2, 0.25) is 0 Å². The van der Waals surface area contributed by atoms with E-state index in [-0.39, 0.29) is 23.4 Å². The first-order valence-corrected chi connectivity index (χ1v) is 10.6. The number of allylic oxidation sites excluding steroid dienone is 1. The number of fused-ring (bicyclic) bond motifs is 5. The molecular formula is C26H28FNO. The molecule has 3 heteroatoms. The van der Waals surface area contributed by atoms with Crippen LogP contribution in [0.25, 0.3) is 16.7 Å². The molecule has 2 unspecified atom stereocenters. The molecule has 2 atom stereocenters. The fourth-order valence-electron chi connectivity index (χ4n) is 5.44. The van der Waals surface area contributed by atoms with Crippen molar-refractivity contribution >= 4 is 11.3 Å². The van der Waals surface area contributed by atoms with Crippen molar-refractivity contribution < 1.29 is 9.13 Å². The fourth-order valence-corrected chi connectivity index (χ4v) is 5.44. The number of rotatable bonds is 1. The van der Waals surface area contributed by atoms with Gasteiger partial charge >= 0.3 is 0 Å². The van der Waals surface area contributed by atoms with Gasteiger partial charge in [0.15, 0.2) is 0 Å². The van der Waals surface area contributed by atoms with Gasteiger partial charge in [0.05, 0.1) is 5.54 Å². The van der Waals surface area contributed by atoms with E-state index in [2.05, 4.69) is 50.9 Å². The summed E-state index contributed by atoms with van der Waals surface area (Å²) >= 11 is 0. The van der Waals surface area contributed by atoms with Gasteiger partial charge < -0.3 is 10.1 Å². The van der Waals surface area contributed by atoms with Gasteiger partial charge in [0, 0.05) is 28.3 Å². The van der Waals surface area contributed by atoms with Crippen molar-refractivity contribution in [3.05, 3.63) is 65.5 Å². The quantitative estimate of drug-likeness (QED) is 0.517. The van der Waals surface area contributed by atoms with Gasteiger partial charge in [-0.15, -0.1) is 0 Å². The first kappa shape index (κ1) is 18.5. The summed E-state index contributed by atoms with van der Waals surface area (Å²) in [5.74, 6) is 0.825. The maximum atomic E-state index is 14.1. The van der Waals surface area contributed by atoms with E-state index in [9.17, 15) is 4.39 Å². The number of nitrogens with one attached hydrogen (secondary N) is 1. The normalized spacial score (nSPS) is 24.4. The minimum atomic E-state index is -0.233. The zero-order valence-electron chi connectivity index (χ0n) is 17.4. The molecule has 2 aliphatic heterocycles. The van der Waals surface area contributed by atoms with E-state index >= 15 is 0 Å². The van der Waals surface area contributed by atoms with Gasteiger partial charge in [0.25, 0.3) is 0 Å². The average Bonchev–Trinajstić information content (AvgIpc) is 2.66. The first-order chi connectivity index (χ1) is 13.8. The number of hydrogen-bond donors (Lipinski definition) is 1. The third-order valence-electron chi connectivity index (χ3n) is 6.60. The summed E-state index contributed by atoms with van der Waals surface area (Å²) in [6.45, 7) is 10.9. The van der Waals surface area contributed by atoms with E-state index in [1.165, 1.54) is 41.2 Å². The Balaban J connectivity index is 1.76. The molecule has 3 aliphatic rings. The molecule has 150 valence electrons. The molecule has 0 radical (unpaired) electrons. The SMILES string of the molecule is C=C1CCCCC1C1Oc2ccc(F)cc2-c2ccc3c(c21)C(C)=CC(C)(C)N3. The Kier molecular flexibility index (Phi) is 4.13. The van der Waals surface area contributed by atoms with Gasteiger partial charge in [-0.3, -0.25) is 0 Å². The van der Waals surface area contributed by atoms with E-state index < -0.39 is 0 Å². The van der Waals surface area contributed by atoms with Gasteiger partial charge in [-0.1, -0.05) is 30.7 Å². The molecule has 2 aromatic carbocycles.